The lowest BCUT2D eigenvalue weighted by Gasteiger charge is -2.37. The van der Waals surface area contributed by atoms with E-state index in [1.807, 2.05) is 54.7 Å². The molecule has 0 saturated heterocycles. The molecule has 184 valence electrons. The highest BCUT2D eigenvalue weighted by molar-refractivity contribution is 5.91. The van der Waals surface area contributed by atoms with E-state index in [0.29, 0.717) is 6.42 Å². The average molecular weight is 478 g/mol. The van der Waals surface area contributed by atoms with Gasteiger partial charge in [-0.05, 0) is 43.5 Å². The average Bonchev–Trinajstić information content (AvgIpc) is 3.24. The van der Waals surface area contributed by atoms with E-state index in [2.05, 4.69) is 10.3 Å². The zero-order valence-electron chi connectivity index (χ0n) is 20.5. The third kappa shape index (κ3) is 5.48. The lowest BCUT2D eigenvalue weighted by atomic mass is 9.93. The van der Waals surface area contributed by atoms with Crippen molar-refractivity contribution in [3.63, 3.8) is 0 Å². The van der Waals surface area contributed by atoms with Crippen LogP contribution in [0.15, 0.2) is 54.7 Å². The van der Waals surface area contributed by atoms with E-state index in [4.69, 9.17) is 9.47 Å². The third-order valence-corrected chi connectivity index (χ3v) is 6.08. The number of methoxy groups -OCH3 is 1. The van der Waals surface area contributed by atoms with E-state index in [1.165, 1.54) is 12.0 Å². The van der Waals surface area contributed by atoms with Crippen molar-refractivity contribution in [2.24, 2.45) is 0 Å². The molecule has 8 nitrogen and oxygen atoms in total. The quantitative estimate of drug-likeness (QED) is 0.546. The molecule has 8 heteroatoms. The molecule has 2 N–H and O–H groups in total. The molecular formula is C27H31N3O5. The van der Waals surface area contributed by atoms with Gasteiger partial charge in [0.15, 0.2) is 0 Å². The van der Waals surface area contributed by atoms with Crippen LogP contribution in [0.4, 0.5) is 4.79 Å². The fourth-order valence-electron chi connectivity index (χ4n) is 4.39. The van der Waals surface area contributed by atoms with E-state index in [1.54, 1.807) is 20.8 Å². The van der Waals surface area contributed by atoms with Crippen molar-refractivity contribution in [2.75, 3.05) is 7.11 Å². The fraction of sp³-hybridized carbons (Fsp3) is 0.370. The first-order valence-electron chi connectivity index (χ1n) is 11.7. The zero-order chi connectivity index (χ0) is 25.2. The molecule has 1 aromatic heterocycles. The molecule has 4 rings (SSSR count). The van der Waals surface area contributed by atoms with Gasteiger partial charge in [-0.1, -0.05) is 42.5 Å². The van der Waals surface area contributed by atoms with Gasteiger partial charge < -0.3 is 19.8 Å². The maximum absolute atomic E-state index is 13.5. The number of hydrogen-bond acceptors (Lipinski definition) is 5. The Morgan fingerprint density at radius 3 is 2.49 bits per heavy atom. The van der Waals surface area contributed by atoms with E-state index in [-0.39, 0.29) is 13.0 Å². The second-order valence-corrected chi connectivity index (χ2v) is 9.74. The predicted molar refractivity (Wildman–Crippen MR) is 132 cm³/mol. The van der Waals surface area contributed by atoms with Crippen LogP contribution in [0, 0.1) is 0 Å². The number of H-pyrrole nitrogens is 1. The van der Waals surface area contributed by atoms with Gasteiger partial charge in [0.05, 0.1) is 13.7 Å². The molecule has 35 heavy (non-hydrogen) atoms. The number of esters is 1. The summed E-state index contributed by atoms with van der Waals surface area (Å²) in [4.78, 5) is 43.8. The van der Waals surface area contributed by atoms with Crippen molar-refractivity contribution in [2.45, 2.75) is 57.8 Å². The van der Waals surface area contributed by atoms with Crippen LogP contribution in [-0.4, -0.2) is 52.6 Å². The van der Waals surface area contributed by atoms with Crippen LogP contribution in [0.1, 0.15) is 37.5 Å². The minimum absolute atomic E-state index is 0.245. The first-order valence-corrected chi connectivity index (χ1v) is 11.7. The standard InChI is InChI=1S/C27H31N3O5/c1-27(2,3)35-26(33)30-16-18-10-6-5-9-17(18)14-23(30)24(31)29-22(25(32)34-4)13-19-15-28-21-12-8-7-11-20(19)21/h5-12,15,22-23,28H,13-14,16H2,1-4H3,(H,29,31)/t22-,23-/m0/s1. The number of benzene rings is 2. The molecule has 0 spiro atoms. The normalized spacial score (nSPS) is 16.3. The SMILES string of the molecule is COC(=O)[C@H](Cc1c[nH]c2ccccc12)NC(=O)[C@@H]1Cc2ccccc2CN1C(=O)OC(C)(C)C. The summed E-state index contributed by atoms with van der Waals surface area (Å²) < 4.78 is 10.6. The number of carbonyl (C=O) groups is 3. The highest BCUT2D eigenvalue weighted by atomic mass is 16.6. The minimum Gasteiger partial charge on any atom is -0.467 e. The maximum Gasteiger partial charge on any atom is 0.411 e. The second kappa shape index (κ2) is 9.82. The van der Waals surface area contributed by atoms with Crippen molar-refractivity contribution < 1.29 is 23.9 Å². The number of hydrogen-bond donors (Lipinski definition) is 2. The highest BCUT2D eigenvalue weighted by Crippen LogP contribution is 2.26. The van der Waals surface area contributed by atoms with Crippen LogP contribution < -0.4 is 5.32 Å². The number of nitrogens with zero attached hydrogens (tertiary/aromatic N) is 1. The molecule has 2 amide bonds. The number of amides is 2. The van der Waals surface area contributed by atoms with E-state index >= 15 is 0 Å². The van der Waals surface area contributed by atoms with Gasteiger partial charge in [-0.2, -0.15) is 0 Å². The van der Waals surface area contributed by atoms with Crippen LogP contribution in [-0.2, 0) is 38.4 Å². The molecule has 2 aromatic carbocycles. The predicted octanol–water partition coefficient (Wildman–Crippen LogP) is 3.73. The summed E-state index contributed by atoms with van der Waals surface area (Å²) >= 11 is 0. The topological polar surface area (TPSA) is 101 Å². The number of nitrogens with one attached hydrogen (secondary N) is 2. The molecular weight excluding hydrogens is 446 g/mol. The fourth-order valence-corrected chi connectivity index (χ4v) is 4.39. The molecule has 0 fully saturated rings. The molecule has 1 aliphatic rings. The number of aromatic nitrogens is 1. The van der Waals surface area contributed by atoms with Gasteiger partial charge in [-0.15, -0.1) is 0 Å². The monoisotopic (exact) mass is 477 g/mol. The first kappa shape index (κ1) is 24.3. The lowest BCUT2D eigenvalue weighted by molar-refractivity contribution is -0.145. The van der Waals surface area contributed by atoms with Crippen LogP contribution in [0.5, 0.6) is 0 Å². The van der Waals surface area contributed by atoms with Crippen molar-refractivity contribution in [1.29, 1.82) is 0 Å². The lowest BCUT2D eigenvalue weighted by Crippen LogP contribution is -2.56. The van der Waals surface area contributed by atoms with Gasteiger partial charge in [0.2, 0.25) is 5.91 Å². The van der Waals surface area contributed by atoms with Gasteiger partial charge in [0.25, 0.3) is 0 Å². The molecule has 1 aliphatic heterocycles. The Hall–Kier alpha value is -3.81. The van der Waals surface area contributed by atoms with Crippen LogP contribution in [0.25, 0.3) is 10.9 Å². The van der Waals surface area contributed by atoms with Crippen LogP contribution in [0.3, 0.4) is 0 Å². The van der Waals surface area contributed by atoms with Crippen molar-refractivity contribution in [3.8, 4) is 0 Å². The number of fused-ring (bicyclic) bond motifs is 2. The van der Waals surface area contributed by atoms with Gasteiger partial charge in [-0.25, -0.2) is 9.59 Å². The summed E-state index contributed by atoms with van der Waals surface area (Å²) in [7, 11) is 1.29. The maximum atomic E-state index is 13.5. The van der Waals surface area contributed by atoms with Crippen molar-refractivity contribution in [1.82, 2.24) is 15.2 Å². The Morgan fingerprint density at radius 2 is 1.77 bits per heavy atom. The molecule has 2 atom stereocenters. The van der Waals surface area contributed by atoms with E-state index in [9.17, 15) is 14.4 Å². The Balaban J connectivity index is 1.59. The summed E-state index contributed by atoms with van der Waals surface area (Å²) in [6.45, 7) is 5.60. The highest BCUT2D eigenvalue weighted by Gasteiger charge is 2.38. The van der Waals surface area contributed by atoms with E-state index in [0.717, 1.165) is 27.6 Å². The Labute approximate surface area is 204 Å². The molecule has 0 saturated carbocycles. The van der Waals surface area contributed by atoms with Gasteiger partial charge in [0, 0.05) is 29.9 Å². The molecule has 0 unspecified atom stereocenters. The molecule has 2 heterocycles. The Morgan fingerprint density at radius 1 is 1.09 bits per heavy atom. The number of rotatable bonds is 5. The smallest absolute Gasteiger partial charge is 0.411 e. The summed E-state index contributed by atoms with van der Waals surface area (Å²) in [5.41, 5.74) is 3.06. The van der Waals surface area contributed by atoms with Gasteiger partial charge >= 0.3 is 12.1 Å². The summed E-state index contributed by atoms with van der Waals surface area (Å²) in [5, 5.41) is 3.81. The minimum atomic E-state index is -0.913. The molecule has 0 aliphatic carbocycles. The molecule has 3 aromatic rings. The Bertz CT molecular complexity index is 1240. The number of para-hydroxylation sites is 1. The second-order valence-electron chi connectivity index (χ2n) is 9.74. The van der Waals surface area contributed by atoms with Crippen LogP contribution >= 0.6 is 0 Å². The third-order valence-electron chi connectivity index (χ3n) is 6.08. The summed E-state index contributed by atoms with van der Waals surface area (Å²) in [5.74, 6) is -0.982. The van der Waals surface area contributed by atoms with Crippen molar-refractivity contribution in [3.05, 3.63) is 71.4 Å². The molecule has 0 bridgehead atoms. The van der Waals surface area contributed by atoms with Crippen LogP contribution in [0.2, 0.25) is 0 Å². The largest absolute Gasteiger partial charge is 0.467 e. The van der Waals surface area contributed by atoms with E-state index < -0.39 is 35.7 Å². The number of ether oxygens (including phenoxy) is 2. The first-order chi connectivity index (χ1) is 16.7. The summed E-state index contributed by atoms with van der Waals surface area (Å²) in [6, 6.07) is 13.7. The molecule has 0 radical (unpaired) electrons. The Kier molecular flexibility index (Phi) is 6.82. The number of carbonyl (C=O) groups excluding carboxylic acids is 3. The van der Waals surface area contributed by atoms with Crippen molar-refractivity contribution >= 4 is 28.9 Å². The number of aromatic amines is 1. The van der Waals surface area contributed by atoms with Gasteiger partial charge in [0.1, 0.15) is 17.7 Å². The summed E-state index contributed by atoms with van der Waals surface area (Å²) in [6.07, 6.45) is 1.83. The van der Waals surface area contributed by atoms with Gasteiger partial charge in [-0.3, -0.25) is 9.69 Å². The zero-order valence-corrected chi connectivity index (χ0v) is 20.5.